The monoisotopic (exact) mass is 253 g/mol. The van der Waals surface area contributed by atoms with Crippen LogP contribution < -0.4 is 0 Å². The summed E-state index contributed by atoms with van der Waals surface area (Å²) >= 11 is 0. The summed E-state index contributed by atoms with van der Waals surface area (Å²) in [7, 11) is 0. The summed E-state index contributed by atoms with van der Waals surface area (Å²) in [5, 5.41) is 9.81. The molecule has 3 rings (SSSR count). The van der Waals surface area contributed by atoms with Gasteiger partial charge in [-0.3, -0.25) is 0 Å². The first-order chi connectivity index (χ1) is 8.80. The van der Waals surface area contributed by atoms with E-state index in [1.165, 1.54) is 38.8 Å². The van der Waals surface area contributed by atoms with E-state index in [1.54, 1.807) is 0 Å². The van der Waals surface area contributed by atoms with E-state index in [-0.39, 0.29) is 5.41 Å². The summed E-state index contributed by atoms with van der Waals surface area (Å²) in [4.78, 5) is 2.66. The van der Waals surface area contributed by atoms with Gasteiger partial charge in [0, 0.05) is 38.3 Å². The van der Waals surface area contributed by atoms with Gasteiger partial charge in [-0.25, -0.2) is 0 Å². The van der Waals surface area contributed by atoms with Crippen LogP contribution in [0.15, 0.2) is 0 Å². The molecule has 1 N–H and O–H groups in total. The van der Waals surface area contributed by atoms with Gasteiger partial charge in [-0.15, -0.1) is 0 Å². The lowest BCUT2D eigenvalue weighted by molar-refractivity contribution is -0.0354. The quantitative estimate of drug-likeness (QED) is 0.752. The van der Waals surface area contributed by atoms with Gasteiger partial charge in [-0.2, -0.15) is 0 Å². The van der Waals surface area contributed by atoms with E-state index in [1.807, 2.05) is 0 Å². The summed E-state index contributed by atoms with van der Waals surface area (Å²) < 4.78 is 5.47. The van der Waals surface area contributed by atoms with Crippen LogP contribution in [-0.4, -0.2) is 49.5 Å². The lowest BCUT2D eigenvalue weighted by Gasteiger charge is -2.40. The Balaban J connectivity index is 1.57. The van der Waals surface area contributed by atoms with Crippen molar-refractivity contribution in [2.45, 2.75) is 38.5 Å². The number of nitrogens with zero attached hydrogens (tertiary/aromatic N) is 1. The van der Waals surface area contributed by atoms with Crippen LogP contribution >= 0.6 is 0 Å². The zero-order chi connectivity index (χ0) is 12.4. The van der Waals surface area contributed by atoms with Crippen LogP contribution in [0.25, 0.3) is 0 Å². The Kier molecular flexibility index (Phi) is 3.92. The van der Waals surface area contributed by atoms with E-state index in [2.05, 4.69) is 4.90 Å². The molecular weight excluding hydrogens is 226 g/mol. The third-order valence-electron chi connectivity index (χ3n) is 4.87. The van der Waals surface area contributed by atoms with E-state index in [0.717, 1.165) is 44.4 Å². The first-order valence-corrected chi connectivity index (χ1v) is 7.71. The smallest absolute Gasteiger partial charge is 0.0501 e. The van der Waals surface area contributed by atoms with Gasteiger partial charge in [-0.1, -0.05) is 0 Å². The second-order valence-corrected chi connectivity index (χ2v) is 6.85. The molecular formula is C15H27NO2. The molecule has 18 heavy (non-hydrogen) atoms. The molecule has 0 atom stereocenters. The maximum absolute atomic E-state index is 9.81. The number of aliphatic hydroxyl groups is 1. The molecule has 0 radical (unpaired) electrons. The third kappa shape index (κ3) is 3.46. The molecule has 1 heterocycles. The molecule has 3 heteroatoms. The number of aliphatic hydroxyl groups excluding tert-OH is 1. The molecule has 0 aromatic carbocycles. The minimum atomic E-state index is 0.127. The van der Waals surface area contributed by atoms with E-state index in [0.29, 0.717) is 6.61 Å². The van der Waals surface area contributed by atoms with Crippen molar-refractivity contribution >= 4 is 0 Å². The molecule has 2 aliphatic carbocycles. The molecule has 0 aromatic rings. The largest absolute Gasteiger partial charge is 0.396 e. The van der Waals surface area contributed by atoms with Crippen LogP contribution in [0.2, 0.25) is 0 Å². The van der Waals surface area contributed by atoms with Gasteiger partial charge in [0.1, 0.15) is 0 Å². The van der Waals surface area contributed by atoms with Gasteiger partial charge in [0.25, 0.3) is 0 Å². The van der Waals surface area contributed by atoms with Crippen molar-refractivity contribution in [1.82, 2.24) is 4.90 Å². The van der Waals surface area contributed by atoms with Crippen LogP contribution in [0.3, 0.4) is 0 Å². The van der Waals surface area contributed by atoms with Crippen LogP contribution in [-0.2, 0) is 4.74 Å². The van der Waals surface area contributed by atoms with Crippen LogP contribution in [0.1, 0.15) is 38.5 Å². The molecule has 3 aliphatic rings. The highest BCUT2D eigenvalue weighted by molar-refractivity contribution is 4.89. The predicted molar refractivity (Wildman–Crippen MR) is 71.5 cm³/mol. The highest BCUT2D eigenvalue weighted by Crippen LogP contribution is 2.37. The molecule has 0 aromatic heterocycles. The van der Waals surface area contributed by atoms with E-state index >= 15 is 0 Å². The van der Waals surface area contributed by atoms with Gasteiger partial charge in [0.2, 0.25) is 0 Å². The van der Waals surface area contributed by atoms with Crippen LogP contribution in [0.5, 0.6) is 0 Å². The number of hydrogen-bond acceptors (Lipinski definition) is 3. The Morgan fingerprint density at radius 1 is 1.00 bits per heavy atom. The molecule has 1 saturated heterocycles. The van der Waals surface area contributed by atoms with Crippen molar-refractivity contribution in [2.75, 3.05) is 39.5 Å². The van der Waals surface area contributed by atoms with Gasteiger partial charge >= 0.3 is 0 Å². The normalized spacial score (nSPS) is 27.7. The number of hydrogen-bond donors (Lipinski definition) is 1. The van der Waals surface area contributed by atoms with Crippen LogP contribution in [0.4, 0.5) is 0 Å². The van der Waals surface area contributed by atoms with E-state index in [9.17, 15) is 5.11 Å². The average Bonchev–Trinajstić information content (AvgIpc) is 3.27. The minimum absolute atomic E-state index is 0.127. The van der Waals surface area contributed by atoms with Gasteiger partial charge in [0.05, 0.1) is 6.61 Å². The summed E-state index contributed by atoms with van der Waals surface area (Å²) in [6.07, 6.45) is 7.78. The fraction of sp³-hybridized carbons (Fsp3) is 1.00. The second kappa shape index (κ2) is 5.48. The first-order valence-electron chi connectivity index (χ1n) is 7.71. The highest BCUT2D eigenvalue weighted by Gasteiger charge is 2.37. The Bertz CT molecular complexity index is 254. The van der Waals surface area contributed by atoms with E-state index in [4.69, 9.17) is 4.74 Å². The standard InChI is InChI=1S/C15H27NO2/c17-12-15(5-7-18-8-6-15)11-16(9-13-1-2-13)10-14-3-4-14/h13-14,17H,1-12H2. The Labute approximate surface area is 110 Å². The zero-order valence-electron chi connectivity index (χ0n) is 11.4. The maximum Gasteiger partial charge on any atom is 0.0501 e. The minimum Gasteiger partial charge on any atom is -0.396 e. The first kappa shape index (κ1) is 12.9. The average molecular weight is 253 g/mol. The molecule has 3 fully saturated rings. The molecule has 1 aliphatic heterocycles. The summed E-state index contributed by atoms with van der Waals surface area (Å²) in [6, 6.07) is 0. The molecule has 104 valence electrons. The number of rotatable bonds is 7. The Hall–Kier alpha value is -0.120. The van der Waals surface area contributed by atoms with Gasteiger partial charge in [0.15, 0.2) is 0 Å². The van der Waals surface area contributed by atoms with Crippen molar-refractivity contribution in [3.63, 3.8) is 0 Å². The molecule has 2 saturated carbocycles. The third-order valence-corrected chi connectivity index (χ3v) is 4.87. The lowest BCUT2D eigenvalue weighted by Crippen LogP contribution is -2.45. The zero-order valence-corrected chi connectivity index (χ0v) is 11.4. The topological polar surface area (TPSA) is 32.7 Å². The maximum atomic E-state index is 9.81. The van der Waals surface area contributed by atoms with E-state index < -0.39 is 0 Å². The Morgan fingerprint density at radius 3 is 2.00 bits per heavy atom. The van der Waals surface area contributed by atoms with Crippen molar-refractivity contribution < 1.29 is 9.84 Å². The van der Waals surface area contributed by atoms with Crippen molar-refractivity contribution in [2.24, 2.45) is 17.3 Å². The summed E-state index contributed by atoms with van der Waals surface area (Å²) in [5.74, 6) is 1.92. The second-order valence-electron chi connectivity index (χ2n) is 6.85. The molecule has 0 spiro atoms. The van der Waals surface area contributed by atoms with Crippen molar-refractivity contribution in [3.8, 4) is 0 Å². The fourth-order valence-electron chi connectivity index (χ4n) is 3.18. The van der Waals surface area contributed by atoms with Gasteiger partial charge in [-0.05, 0) is 50.4 Å². The summed E-state index contributed by atoms with van der Waals surface area (Å²) in [5.41, 5.74) is 0.127. The highest BCUT2D eigenvalue weighted by atomic mass is 16.5. The molecule has 0 bridgehead atoms. The van der Waals surface area contributed by atoms with Crippen molar-refractivity contribution in [1.29, 1.82) is 0 Å². The molecule has 3 nitrogen and oxygen atoms in total. The van der Waals surface area contributed by atoms with Gasteiger partial charge < -0.3 is 14.7 Å². The number of ether oxygens (including phenoxy) is 1. The predicted octanol–water partition coefficient (Wildman–Crippen LogP) is 1.90. The summed E-state index contributed by atoms with van der Waals surface area (Å²) in [6.45, 7) is 5.66. The van der Waals surface area contributed by atoms with Crippen molar-refractivity contribution in [3.05, 3.63) is 0 Å². The van der Waals surface area contributed by atoms with Crippen LogP contribution in [0, 0.1) is 17.3 Å². The molecule has 0 amide bonds. The fourth-order valence-corrected chi connectivity index (χ4v) is 3.18. The molecule has 0 unspecified atom stereocenters. The Morgan fingerprint density at radius 2 is 1.56 bits per heavy atom. The SMILES string of the molecule is OCC1(CN(CC2CC2)CC2CC2)CCOCC1. The lowest BCUT2D eigenvalue weighted by atomic mass is 9.80.